The van der Waals surface area contributed by atoms with Gasteiger partial charge in [0.2, 0.25) is 5.91 Å². The van der Waals surface area contributed by atoms with Gasteiger partial charge < -0.3 is 15.0 Å². The largest absolute Gasteiger partial charge is 0.378 e. The van der Waals surface area contributed by atoms with E-state index < -0.39 is 0 Å². The zero-order chi connectivity index (χ0) is 15.4. The maximum Gasteiger partial charge on any atom is 0.223 e. The van der Waals surface area contributed by atoms with Crippen LogP contribution in [0.1, 0.15) is 25.3 Å². The number of piperidine rings is 1. The normalized spacial score (nSPS) is 28.9. The Morgan fingerprint density at radius 1 is 1.50 bits per heavy atom. The number of carbonyl (C=O) groups is 1. The summed E-state index contributed by atoms with van der Waals surface area (Å²) < 4.78 is 5.90. The molecule has 5 nitrogen and oxygen atoms in total. The quantitative estimate of drug-likeness (QED) is 0.914. The van der Waals surface area contributed by atoms with Gasteiger partial charge in [-0.25, -0.2) is 0 Å². The predicted molar refractivity (Wildman–Crippen MR) is 84.2 cm³/mol. The molecular weight excluding hydrogens is 278 g/mol. The number of hydrogen-bond donors (Lipinski definition) is 1. The Morgan fingerprint density at radius 3 is 3.18 bits per heavy atom. The molecule has 0 bridgehead atoms. The fourth-order valence-electron chi connectivity index (χ4n) is 3.62. The monoisotopic (exact) mass is 303 g/mol. The third-order valence-corrected chi connectivity index (χ3v) is 4.93. The van der Waals surface area contributed by atoms with Crippen LogP contribution in [0, 0.1) is 11.8 Å². The second kappa shape index (κ2) is 7.20. The van der Waals surface area contributed by atoms with Crippen LogP contribution in [0.2, 0.25) is 0 Å². The number of fused-ring (bicyclic) bond motifs is 1. The highest BCUT2D eigenvalue weighted by Gasteiger charge is 2.41. The third-order valence-electron chi connectivity index (χ3n) is 4.93. The SMILES string of the molecule is CCN1CC[C@@H]2OCC[C@H](C(=O)NCc3cccnc3)[C@@H]2C1. The molecular formula is C17H25N3O2. The fourth-order valence-corrected chi connectivity index (χ4v) is 3.62. The van der Waals surface area contributed by atoms with Crippen molar-refractivity contribution in [3.05, 3.63) is 30.1 Å². The number of nitrogens with zero attached hydrogens (tertiary/aromatic N) is 2. The Balaban J connectivity index is 1.60. The highest BCUT2D eigenvalue weighted by molar-refractivity contribution is 5.79. The summed E-state index contributed by atoms with van der Waals surface area (Å²) in [5, 5.41) is 3.08. The zero-order valence-electron chi connectivity index (χ0n) is 13.2. The predicted octanol–water partition coefficient (Wildman–Crippen LogP) is 1.44. The summed E-state index contributed by atoms with van der Waals surface area (Å²) in [5.74, 6) is 0.571. The molecule has 22 heavy (non-hydrogen) atoms. The molecule has 1 aromatic rings. The van der Waals surface area contributed by atoms with Gasteiger partial charge in [0.15, 0.2) is 0 Å². The van der Waals surface area contributed by atoms with E-state index in [1.807, 2.05) is 12.1 Å². The van der Waals surface area contributed by atoms with Crippen LogP contribution >= 0.6 is 0 Å². The van der Waals surface area contributed by atoms with Gasteiger partial charge in [0.25, 0.3) is 0 Å². The molecule has 2 aliphatic rings. The molecule has 120 valence electrons. The van der Waals surface area contributed by atoms with E-state index in [4.69, 9.17) is 4.74 Å². The number of rotatable bonds is 4. The molecule has 0 spiro atoms. The maximum absolute atomic E-state index is 12.6. The minimum atomic E-state index is 0.0739. The van der Waals surface area contributed by atoms with Crippen molar-refractivity contribution in [2.75, 3.05) is 26.2 Å². The van der Waals surface area contributed by atoms with Gasteiger partial charge in [-0.2, -0.15) is 0 Å². The molecule has 3 rings (SSSR count). The van der Waals surface area contributed by atoms with Crippen LogP contribution in [-0.2, 0) is 16.1 Å². The summed E-state index contributed by atoms with van der Waals surface area (Å²) >= 11 is 0. The van der Waals surface area contributed by atoms with Crippen molar-refractivity contribution in [3.8, 4) is 0 Å². The minimum Gasteiger partial charge on any atom is -0.378 e. The van der Waals surface area contributed by atoms with Crippen LogP contribution in [-0.4, -0.2) is 48.1 Å². The third kappa shape index (κ3) is 3.47. The summed E-state index contributed by atoms with van der Waals surface area (Å²) in [7, 11) is 0. The van der Waals surface area contributed by atoms with Crippen LogP contribution in [0.3, 0.4) is 0 Å². The molecule has 2 fully saturated rings. The van der Waals surface area contributed by atoms with E-state index in [-0.39, 0.29) is 17.9 Å². The topological polar surface area (TPSA) is 54.5 Å². The Hall–Kier alpha value is -1.46. The molecule has 0 aromatic carbocycles. The first-order chi connectivity index (χ1) is 10.8. The lowest BCUT2D eigenvalue weighted by atomic mass is 9.79. The molecule has 2 aliphatic heterocycles. The molecule has 3 heterocycles. The van der Waals surface area contributed by atoms with E-state index >= 15 is 0 Å². The summed E-state index contributed by atoms with van der Waals surface area (Å²) in [5.41, 5.74) is 1.04. The number of likely N-dealkylation sites (tertiary alicyclic amines) is 1. The standard InChI is InChI=1S/C17H25N3O2/c1-2-20-8-5-16-15(12-20)14(6-9-22-16)17(21)19-11-13-4-3-7-18-10-13/h3-4,7,10,14-16H,2,5-6,8-9,11-12H2,1H3,(H,19,21)/t14-,15-,16-/m0/s1. The van der Waals surface area contributed by atoms with Gasteiger partial charge in [-0.3, -0.25) is 9.78 Å². The van der Waals surface area contributed by atoms with Gasteiger partial charge in [-0.1, -0.05) is 13.0 Å². The Labute approximate surface area is 132 Å². The first kappa shape index (κ1) is 15.4. The molecule has 5 heteroatoms. The molecule has 0 unspecified atom stereocenters. The van der Waals surface area contributed by atoms with Crippen molar-refractivity contribution >= 4 is 5.91 Å². The van der Waals surface area contributed by atoms with Crippen molar-refractivity contribution in [2.45, 2.75) is 32.4 Å². The number of nitrogens with one attached hydrogen (secondary N) is 1. The molecule has 0 saturated carbocycles. The smallest absolute Gasteiger partial charge is 0.223 e. The maximum atomic E-state index is 12.6. The lowest BCUT2D eigenvalue weighted by molar-refractivity contribution is -0.141. The van der Waals surface area contributed by atoms with E-state index in [0.29, 0.717) is 19.1 Å². The first-order valence-corrected chi connectivity index (χ1v) is 8.28. The van der Waals surface area contributed by atoms with Gasteiger partial charge in [-0.05, 0) is 31.0 Å². The number of carbonyl (C=O) groups excluding carboxylic acids is 1. The summed E-state index contributed by atoms with van der Waals surface area (Å²) in [6, 6.07) is 3.88. The number of hydrogen-bond acceptors (Lipinski definition) is 4. The van der Waals surface area contributed by atoms with Gasteiger partial charge in [-0.15, -0.1) is 0 Å². The lowest BCUT2D eigenvalue weighted by Gasteiger charge is -2.44. The highest BCUT2D eigenvalue weighted by atomic mass is 16.5. The van der Waals surface area contributed by atoms with Crippen molar-refractivity contribution in [2.24, 2.45) is 11.8 Å². The van der Waals surface area contributed by atoms with Crippen LogP contribution in [0.25, 0.3) is 0 Å². The zero-order valence-corrected chi connectivity index (χ0v) is 13.2. The molecule has 1 amide bonds. The fraction of sp³-hybridized carbons (Fsp3) is 0.647. The van der Waals surface area contributed by atoms with E-state index in [0.717, 1.165) is 38.0 Å². The lowest BCUT2D eigenvalue weighted by Crippen LogP contribution is -2.53. The van der Waals surface area contributed by atoms with Crippen LogP contribution < -0.4 is 5.32 Å². The average molecular weight is 303 g/mol. The number of aromatic nitrogens is 1. The van der Waals surface area contributed by atoms with Crippen molar-refractivity contribution in [1.82, 2.24) is 15.2 Å². The molecule has 1 aromatic heterocycles. The minimum absolute atomic E-state index is 0.0739. The van der Waals surface area contributed by atoms with E-state index in [1.54, 1.807) is 12.4 Å². The van der Waals surface area contributed by atoms with Gasteiger partial charge >= 0.3 is 0 Å². The molecule has 0 aliphatic carbocycles. The van der Waals surface area contributed by atoms with Crippen molar-refractivity contribution in [1.29, 1.82) is 0 Å². The Morgan fingerprint density at radius 2 is 2.41 bits per heavy atom. The molecule has 0 radical (unpaired) electrons. The van der Waals surface area contributed by atoms with Gasteiger partial charge in [0.1, 0.15) is 0 Å². The van der Waals surface area contributed by atoms with Crippen molar-refractivity contribution in [3.63, 3.8) is 0 Å². The highest BCUT2D eigenvalue weighted by Crippen LogP contribution is 2.33. The molecule has 3 atom stereocenters. The summed E-state index contributed by atoms with van der Waals surface area (Å²) in [6.07, 6.45) is 5.68. The van der Waals surface area contributed by atoms with Crippen LogP contribution in [0.15, 0.2) is 24.5 Å². The van der Waals surface area contributed by atoms with Crippen LogP contribution in [0.4, 0.5) is 0 Å². The summed E-state index contributed by atoms with van der Waals surface area (Å²) in [4.78, 5) is 19.1. The average Bonchev–Trinajstić information content (AvgIpc) is 2.59. The number of pyridine rings is 1. The van der Waals surface area contributed by atoms with E-state index in [1.165, 1.54) is 0 Å². The van der Waals surface area contributed by atoms with E-state index in [9.17, 15) is 4.79 Å². The summed E-state index contributed by atoms with van der Waals surface area (Å²) in [6.45, 7) is 6.56. The molecule has 1 N–H and O–H groups in total. The van der Waals surface area contributed by atoms with Crippen molar-refractivity contribution < 1.29 is 9.53 Å². The Kier molecular flexibility index (Phi) is 5.05. The second-order valence-electron chi connectivity index (χ2n) is 6.23. The van der Waals surface area contributed by atoms with Gasteiger partial charge in [0, 0.05) is 50.5 Å². The molecule has 2 saturated heterocycles. The first-order valence-electron chi connectivity index (χ1n) is 8.28. The number of amides is 1. The van der Waals surface area contributed by atoms with E-state index in [2.05, 4.69) is 22.1 Å². The van der Waals surface area contributed by atoms with Gasteiger partial charge in [0.05, 0.1) is 6.10 Å². The number of ether oxygens (including phenoxy) is 1. The van der Waals surface area contributed by atoms with Crippen LogP contribution in [0.5, 0.6) is 0 Å². The Bertz CT molecular complexity index is 494. The second-order valence-corrected chi connectivity index (χ2v) is 6.23.